The van der Waals surface area contributed by atoms with Gasteiger partial charge < -0.3 is 0 Å². The Kier molecular flexibility index (Phi) is 4.73. The minimum atomic E-state index is -3.66. The number of thioether (sulfide) groups is 2. The lowest BCUT2D eigenvalue weighted by Crippen LogP contribution is -2.14. The van der Waals surface area contributed by atoms with Crippen LogP contribution in [0.2, 0.25) is 0 Å². The monoisotopic (exact) mass is 277 g/mol. The molecule has 1 aromatic carbocycles. The Morgan fingerprint density at radius 3 is 2.25 bits per heavy atom. The molecule has 0 heterocycles. The summed E-state index contributed by atoms with van der Waals surface area (Å²) in [6.45, 7) is 4.03. The number of benzene rings is 1. The fourth-order valence-electron chi connectivity index (χ4n) is 1.28. The second kappa shape index (κ2) is 5.44. The van der Waals surface area contributed by atoms with Gasteiger partial charge in [0.25, 0.3) is 0 Å². The highest BCUT2D eigenvalue weighted by molar-refractivity contribution is 8.01. The summed E-state index contributed by atoms with van der Waals surface area (Å²) in [4.78, 5) is 1.68. The SMILES string of the molecule is CSc1cccc(SC(C)C)c1S(N)(=O)=O. The molecule has 1 aromatic rings. The number of nitrogens with two attached hydrogens (primary N) is 1. The van der Waals surface area contributed by atoms with E-state index in [1.807, 2.05) is 26.2 Å². The van der Waals surface area contributed by atoms with Crippen LogP contribution >= 0.6 is 23.5 Å². The highest BCUT2D eigenvalue weighted by Crippen LogP contribution is 2.34. The van der Waals surface area contributed by atoms with Gasteiger partial charge in [-0.1, -0.05) is 19.9 Å². The van der Waals surface area contributed by atoms with Gasteiger partial charge in [0.15, 0.2) is 0 Å². The molecule has 90 valence electrons. The number of sulfonamides is 1. The predicted octanol–water partition coefficient (Wildman–Crippen LogP) is 2.56. The van der Waals surface area contributed by atoms with Gasteiger partial charge in [-0.05, 0) is 18.4 Å². The zero-order chi connectivity index (χ0) is 12.3. The van der Waals surface area contributed by atoms with E-state index in [0.717, 1.165) is 4.90 Å². The molecule has 0 saturated carbocycles. The first-order valence-electron chi connectivity index (χ1n) is 4.72. The second-order valence-corrected chi connectivity index (χ2v) is 7.46. The Hall–Kier alpha value is -0.170. The van der Waals surface area contributed by atoms with Crippen molar-refractivity contribution in [3.8, 4) is 0 Å². The lowest BCUT2D eigenvalue weighted by molar-refractivity contribution is 0.593. The molecule has 0 aromatic heterocycles. The molecule has 0 aliphatic heterocycles. The second-order valence-electron chi connectivity index (χ2n) is 3.50. The van der Waals surface area contributed by atoms with Gasteiger partial charge in [-0.2, -0.15) is 0 Å². The van der Waals surface area contributed by atoms with Crippen molar-refractivity contribution in [3.05, 3.63) is 18.2 Å². The van der Waals surface area contributed by atoms with Crippen LogP contribution in [0, 0.1) is 0 Å². The van der Waals surface area contributed by atoms with Gasteiger partial charge in [-0.3, -0.25) is 0 Å². The van der Waals surface area contributed by atoms with Gasteiger partial charge in [-0.25, -0.2) is 13.6 Å². The van der Waals surface area contributed by atoms with E-state index in [1.54, 1.807) is 12.1 Å². The van der Waals surface area contributed by atoms with Crippen molar-refractivity contribution < 1.29 is 8.42 Å². The van der Waals surface area contributed by atoms with Crippen LogP contribution in [0.1, 0.15) is 13.8 Å². The Balaban J connectivity index is 3.38. The highest BCUT2D eigenvalue weighted by Gasteiger charge is 2.19. The van der Waals surface area contributed by atoms with Crippen molar-refractivity contribution in [3.63, 3.8) is 0 Å². The Morgan fingerprint density at radius 2 is 1.81 bits per heavy atom. The molecule has 0 amide bonds. The van der Waals surface area contributed by atoms with E-state index in [0.29, 0.717) is 10.1 Å². The minimum absolute atomic E-state index is 0.251. The van der Waals surface area contributed by atoms with Crippen LogP contribution in [0.15, 0.2) is 32.9 Å². The molecule has 2 N–H and O–H groups in total. The summed E-state index contributed by atoms with van der Waals surface area (Å²) in [6.07, 6.45) is 1.84. The number of rotatable bonds is 4. The molecule has 0 bridgehead atoms. The molecule has 0 aliphatic rings. The summed E-state index contributed by atoms with van der Waals surface area (Å²) in [5.74, 6) is 0. The number of primary sulfonamides is 1. The Bertz CT molecular complexity index is 469. The van der Waals surface area contributed by atoms with Crippen molar-refractivity contribution in [1.82, 2.24) is 0 Å². The van der Waals surface area contributed by atoms with E-state index < -0.39 is 10.0 Å². The van der Waals surface area contributed by atoms with Crippen molar-refractivity contribution in [2.45, 2.75) is 33.8 Å². The van der Waals surface area contributed by atoms with Gasteiger partial charge >= 0.3 is 0 Å². The van der Waals surface area contributed by atoms with E-state index in [-0.39, 0.29) is 4.90 Å². The zero-order valence-corrected chi connectivity index (χ0v) is 11.9. The molecule has 0 aliphatic carbocycles. The Labute approximate surface area is 105 Å². The average molecular weight is 277 g/mol. The normalized spacial score (nSPS) is 12.1. The van der Waals surface area contributed by atoms with Crippen molar-refractivity contribution in [2.24, 2.45) is 5.14 Å². The summed E-state index contributed by atoms with van der Waals surface area (Å²) in [5.41, 5.74) is 0. The van der Waals surface area contributed by atoms with E-state index in [1.165, 1.54) is 23.5 Å². The van der Waals surface area contributed by atoms with Gasteiger partial charge in [0.1, 0.15) is 4.90 Å². The van der Waals surface area contributed by atoms with Crippen LogP contribution in [0.5, 0.6) is 0 Å². The number of hydrogen-bond donors (Lipinski definition) is 1. The molecular formula is C10H15NO2S3. The van der Waals surface area contributed by atoms with Crippen LogP contribution in [0.3, 0.4) is 0 Å². The quantitative estimate of drug-likeness (QED) is 0.859. The fourth-order valence-corrected chi connectivity index (χ4v) is 4.53. The van der Waals surface area contributed by atoms with E-state index in [9.17, 15) is 8.42 Å². The molecule has 3 nitrogen and oxygen atoms in total. The van der Waals surface area contributed by atoms with E-state index >= 15 is 0 Å². The van der Waals surface area contributed by atoms with Crippen LogP contribution < -0.4 is 5.14 Å². The van der Waals surface area contributed by atoms with Gasteiger partial charge in [0, 0.05) is 15.0 Å². The first-order chi connectivity index (χ1) is 7.36. The molecule has 0 fully saturated rings. The Morgan fingerprint density at radius 1 is 1.25 bits per heavy atom. The van der Waals surface area contributed by atoms with Gasteiger partial charge in [0.2, 0.25) is 10.0 Å². The summed E-state index contributed by atoms with van der Waals surface area (Å²) >= 11 is 2.90. The summed E-state index contributed by atoms with van der Waals surface area (Å²) in [6, 6.07) is 5.42. The zero-order valence-electron chi connectivity index (χ0n) is 9.43. The van der Waals surface area contributed by atoms with E-state index in [4.69, 9.17) is 5.14 Å². The summed E-state index contributed by atoms with van der Waals surface area (Å²) < 4.78 is 23.1. The molecule has 16 heavy (non-hydrogen) atoms. The maximum absolute atomic E-state index is 11.6. The first kappa shape index (κ1) is 13.9. The third-order valence-electron chi connectivity index (χ3n) is 1.81. The standard InChI is InChI=1S/C10H15NO2S3/c1-7(2)15-9-6-4-5-8(14-3)10(9)16(11,12)13/h4-7H,1-3H3,(H2,11,12,13). The van der Waals surface area contributed by atoms with Gasteiger partial charge in [-0.15, -0.1) is 23.5 Å². The highest BCUT2D eigenvalue weighted by atomic mass is 32.2. The smallest absolute Gasteiger partial charge is 0.225 e. The minimum Gasteiger partial charge on any atom is -0.225 e. The molecule has 1 rings (SSSR count). The lowest BCUT2D eigenvalue weighted by atomic mass is 10.4. The number of hydrogen-bond acceptors (Lipinski definition) is 4. The largest absolute Gasteiger partial charge is 0.240 e. The summed E-state index contributed by atoms with van der Waals surface area (Å²) in [7, 11) is -3.66. The van der Waals surface area contributed by atoms with Crippen molar-refractivity contribution in [1.29, 1.82) is 0 Å². The molecule has 0 unspecified atom stereocenters. The third-order valence-corrected chi connectivity index (χ3v) is 4.92. The molecule has 6 heteroatoms. The molecule has 0 atom stereocenters. The van der Waals surface area contributed by atoms with Crippen molar-refractivity contribution in [2.75, 3.05) is 6.26 Å². The first-order valence-corrected chi connectivity index (χ1v) is 8.37. The average Bonchev–Trinajstić information content (AvgIpc) is 2.14. The molecule has 0 spiro atoms. The topological polar surface area (TPSA) is 60.2 Å². The fraction of sp³-hybridized carbons (Fsp3) is 0.400. The molecule has 0 radical (unpaired) electrons. The maximum atomic E-state index is 11.6. The third kappa shape index (κ3) is 3.41. The molecule has 0 saturated heterocycles. The maximum Gasteiger partial charge on any atom is 0.240 e. The molecular weight excluding hydrogens is 262 g/mol. The predicted molar refractivity (Wildman–Crippen MR) is 70.6 cm³/mol. The summed E-state index contributed by atoms with van der Waals surface area (Å²) in [5, 5.41) is 5.57. The van der Waals surface area contributed by atoms with E-state index in [2.05, 4.69) is 0 Å². The van der Waals surface area contributed by atoms with Crippen LogP contribution in [0.4, 0.5) is 0 Å². The lowest BCUT2D eigenvalue weighted by Gasteiger charge is -2.12. The van der Waals surface area contributed by atoms with Crippen LogP contribution in [0.25, 0.3) is 0 Å². The van der Waals surface area contributed by atoms with Crippen LogP contribution in [-0.4, -0.2) is 19.9 Å². The van der Waals surface area contributed by atoms with Crippen LogP contribution in [-0.2, 0) is 10.0 Å². The van der Waals surface area contributed by atoms with Crippen molar-refractivity contribution >= 4 is 33.5 Å². The van der Waals surface area contributed by atoms with Gasteiger partial charge in [0.05, 0.1) is 0 Å².